The van der Waals surface area contributed by atoms with Gasteiger partial charge in [-0.05, 0) is 0 Å². The molecule has 0 atom stereocenters. The van der Waals surface area contributed by atoms with Crippen molar-refractivity contribution in [2.75, 3.05) is 0 Å². The first-order valence-electron chi connectivity index (χ1n) is 5.76. The highest BCUT2D eigenvalue weighted by Gasteiger charge is 2.17. The molecule has 20 heavy (non-hydrogen) atoms. The van der Waals surface area contributed by atoms with Gasteiger partial charge in [0, 0.05) is 30.9 Å². The normalized spacial score (nSPS) is 10.2. The van der Waals surface area contributed by atoms with Crippen LogP contribution in [-0.2, 0) is 7.05 Å². The average Bonchev–Trinajstić information content (AvgIpc) is 2.85. The zero-order chi connectivity index (χ0) is 14.7. The Morgan fingerprint density at radius 1 is 1.35 bits per heavy atom. The molecular formula is C13H11N3O4. The summed E-state index contributed by atoms with van der Waals surface area (Å²) in [6.07, 6.45) is 2.62. The molecule has 102 valence electrons. The van der Waals surface area contributed by atoms with Gasteiger partial charge in [0.15, 0.2) is 11.6 Å². The Kier molecular flexibility index (Phi) is 3.69. The molecule has 2 aromatic rings. The summed E-state index contributed by atoms with van der Waals surface area (Å²) in [6, 6.07) is 5.31. The maximum absolute atomic E-state index is 11.9. The van der Waals surface area contributed by atoms with Crippen LogP contribution in [0.15, 0.2) is 36.8 Å². The van der Waals surface area contributed by atoms with Crippen molar-refractivity contribution in [3.05, 3.63) is 58.2 Å². The van der Waals surface area contributed by atoms with Crippen LogP contribution in [0.1, 0.15) is 27.3 Å². The van der Waals surface area contributed by atoms with Crippen LogP contribution in [0.25, 0.3) is 0 Å². The van der Waals surface area contributed by atoms with Gasteiger partial charge in [-0.1, -0.05) is 12.1 Å². The van der Waals surface area contributed by atoms with Crippen LogP contribution in [0.2, 0.25) is 0 Å². The first-order chi connectivity index (χ1) is 9.47. The van der Waals surface area contributed by atoms with E-state index in [-0.39, 0.29) is 23.4 Å². The van der Waals surface area contributed by atoms with Gasteiger partial charge in [-0.2, -0.15) is 0 Å². The quantitative estimate of drug-likeness (QED) is 0.358. The summed E-state index contributed by atoms with van der Waals surface area (Å²) in [5.74, 6) is -0.883. The number of carbonyl (C=O) groups excluding carboxylic acids is 2. The number of carbonyl (C=O) groups is 2. The molecule has 0 aliphatic rings. The third-order valence-corrected chi connectivity index (χ3v) is 2.69. The van der Waals surface area contributed by atoms with Crippen molar-refractivity contribution in [1.29, 1.82) is 0 Å². The lowest BCUT2D eigenvalue weighted by atomic mass is 10.0. The van der Waals surface area contributed by atoms with Crippen LogP contribution in [0, 0.1) is 10.1 Å². The number of benzene rings is 1. The van der Waals surface area contributed by atoms with Crippen molar-refractivity contribution in [3.63, 3.8) is 0 Å². The van der Waals surface area contributed by atoms with Crippen LogP contribution in [0.5, 0.6) is 0 Å². The summed E-state index contributed by atoms with van der Waals surface area (Å²) < 4.78 is 1.60. The fourth-order valence-corrected chi connectivity index (χ4v) is 1.69. The van der Waals surface area contributed by atoms with E-state index in [2.05, 4.69) is 4.98 Å². The molecule has 7 nitrogen and oxygen atoms in total. The fraction of sp³-hybridized carbons (Fsp3) is 0.154. The molecule has 1 aromatic carbocycles. The molecule has 0 saturated heterocycles. The first-order valence-corrected chi connectivity index (χ1v) is 5.76. The Morgan fingerprint density at radius 3 is 2.70 bits per heavy atom. The van der Waals surface area contributed by atoms with Crippen LogP contribution in [0.3, 0.4) is 0 Å². The largest absolute Gasteiger partial charge is 0.340 e. The van der Waals surface area contributed by atoms with E-state index in [0.29, 0.717) is 0 Å². The van der Waals surface area contributed by atoms with Gasteiger partial charge in [0.05, 0.1) is 17.7 Å². The molecule has 0 spiro atoms. The van der Waals surface area contributed by atoms with E-state index in [1.807, 2.05) is 0 Å². The maximum atomic E-state index is 11.9. The van der Waals surface area contributed by atoms with Gasteiger partial charge in [0.1, 0.15) is 5.69 Å². The number of non-ortho nitro benzene ring substituents is 1. The van der Waals surface area contributed by atoms with E-state index in [9.17, 15) is 19.7 Å². The van der Waals surface area contributed by atoms with Crippen LogP contribution in [0.4, 0.5) is 5.69 Å². The zero-order valence-electron chi connectivity index (χ0n) is 10.6. The highest BCUT2D eigenvalue weighted by atomic mass is 16.6. The van der Waals surface area contributed by atoms with Gasteiger partial charge >= 0.3 is 0 Å². The van der Waals surface area contributed by atoms with Crippen molar-refractivity contribution in [3.8, 4) is 0 Å². The standard InChI is InChI=1S/C13H11N3O4/c1-15-7-11(14-8-15)13(18)6-12(17)9-3-2-4-10(5-9)16(19)20/h2-5,7-8H,6H2,1H3. The molecule has 0 aliphatic carbocycles. The minimum Gasteiger partial charge on any atom is -0.340 e. The molecule has 0 fully saturated rings. The summed E-state index contributed by atoms with van der Waals surface area (Å²) in [4.78, 5) is 37.7. The molecule has 0 bridgehead atoms. The number of nitrogens with zero attached hydrogens (tertiary/aromatic N) is 3. The Hall–Kier alpha value is -2.83. The van der Waals surface area contributed by atoms with Gasteiger partial charge < -0.3 is 4.57 Å². The van der Waals surface area contributed by atoms with Crippen molar-refractivity contribution in [1.82, 2.24) is 9.55 Å². The van der Waals surface area contributed by atoms with Crippen molar-refractivity contribution in [2.45, 2.75) is 6.42 Å². The number of nitro groups is 1. The number of Topliss-reactive ketones (excluding diaryl/α,β-unsaturated/α-hetero) is 2. The predicted octanol–water partition coefficient (Wildman–Crippen LogP) is 1.78. The molecule has 0 amide bonds. The van der Waals surface area contributed by atoms with E-state index >= 15 is 0 Å². The fourth-order valence-electron chi connectivity index (χ4n) is 1.69. The molecule has 0 saturated carbocycles. The Balaban J connectivity index is 2.14. The van der Waals surface area contributed by atoms with Crippen molar-refractivity contribution in [2.24, 2.45) is 7.05 Å². The first kappa shape index (κ1) is 13.6. The zero-order valence-corrected chi connectivity index (χ0v) is 10.6. The molecule has 0 unspecified atom stereocenters. The Labute approximate surface area is 114 Å². The summed E-state index contributed by atoms with van der Waals surface area (Å²) in [6.45, 7) is 0. The lowest BCUT2D eigenvalue weighted by molar-refractivity contribution is -0.384. The van der Waals surface area contributed by atoms with Crippen LogP contribution < -0.4 is 0 Å². The SMILES string of the molecule is Cn1cnc(C(=O)CC(=O)c2cccc([N+](=O)[O-])c2)c1. The molecular weight excluding hydrogens is 262 g/mol. The van der Waals surface area contributed by atoms with E-state index in [4.69, 9.17) is 0 Å². The number of ketones is 2. The predicted molar refractivity (Wildman–Crippen MR) is 69.6 cm³/mol. The van der Waals surface area contributed by atoms with Crippen molar-refractivity contribution >= 4 is 17.3 Å². The molecule has 0 N–H and O–H groups in total. The smallest absolute Gasteiger partial charge is 0.270 e. The number of aromatic nitrogens is 2. The van der Waals surface area contributed by atoms with E-state index in [1.54, 1.807) is 11.6 Å². The van der Waals surface area contributed by atoms with Gasteiger partial charge in [-0.25, -0.2) is 4.98 Å². The number of aryl methyl sites for hydroxylation is 1. The molecule has 1 heterocycles. The highest BCUT2D eigenvalue weighted by molar-refractivity contribution is 6.12. The molecule has 0 radical (unpaired) electrons. The topological polar surface area (TPSA) is 95.1 Å². The maximum Gasteiger partial charge on any atom is 0.270 e. The van der Waals surface area contributed by atoms with E-state index < -0.39 is 16.5 Å². The van der Waals surface area contributed by atoms with Gasteiger partial charge in [-0.15, -0.1) is 0 Å². The number of hydrogen-bond acceptors (Lipinski definition) is 5. The second-order valence-corrected chi connectivity index (χ2v) is 4.25. The van der Waals surface area contributed by atoms with Crippen LogP contribution in [-0.4, -0.2) is 26.0 Å². The van der Waals surface area contributed by atoms with E-state index in [0.717, 1.165) is 6.07 Å². The molecule has 1 aromatic heterocycles. The third kappa shape index (κ3) is 2.94. The number of hydrogen-bond donors (Lipinski definition) is 0. The molecule has 7 heteroatoms. The lowest BCUT2D eigenvalue weighted by Crippen LogP contribution is -2.09. The van der Waals surface area contributed by atoms with E-state index in [1.165, 1.54) is 30.7 Å². The van der Waals surface area contributed by atoms with Gasteiger partial charge in [-0.3, -0.25) is 19.7 Å². The Morgan fingerprint density at radius 2 is 2.10 bits per heavy atom. The van der Waals surface area contributed by atoms with Gasteiger partial charge in [0.2, 0.25) is 0 Å². The second-order valence-electron chi connectivity index (χ2n) is 4.25. The lowest BCUT2D eigenvalue weighted by Gasteiger charge is -1.99. The third-order valence-electron chi connectivity index (χ3n) is 2.69. The summed E-state index contributed by atoms with van der Waals surface area (Å²) >= 11 is 0. The minimum absolute atomic E-state index is 0.142. The summed E-state index contributed by atoms with van der Waals surface area (Å²) in [7, 11) is 1.71. The molecule has 0 aliphatic heterocycles. The van der Waals surface area contributed by atoms with Crippen molar-refractivity contribution < 1.29 is 14.5 Å². The highest BCUT2D eigenvalue weighted by Crippen LogP contribution is 2.15. The second kappa shape index (κ2) is 5.43. The minimum atomic E-state index is -0.586. The molecule has 2 rings (SSSR count). The number of nitro benzene ring substituents is 1. The summed E-state index contributed by atoms with van der Waals surface area (Å²) in [5.41, 5.74) is 0.163. The van der Waals surface area contributed by atoms with Gasteiger partial charge in [0.25, 0.3) is 5.69 Å². The average molecular weight is 273 g/mol. The monoisotopic (exact) mass is 273 g/mol. The van der Waals surface area contributed by atoms with Crippen LogP contribution >= 0.6 is 0 Å². The number of imidazole rings is 1. The Bertz CT molecular complexity index is 690. The number of rotatable bonds is 5. The summed E-state index contributed by atoms with van der Waals surface area (Å²) in [5, 5.41) is 10.6.